The largest absolute Gasteiger partial charge is 0.349 e. The van der Waals surface area contributed by atoms with Gasteiger partial charge in [-0.2, -0.15) is 0 Å². The van der Waals surface area contributed by atoms with Gasteiger partial charge in [-0.15, -0.1) is 5.10 Å². The topological polar surface area (TPSA) is 59.8 Å². The van der Waals surface area contributed by atoms with E-state index < -0.39 is 0 Å². The van der Waals surface area contributed by atoms with Crippen molar-refractivity contribution in [1.82, 2.24) is 20.3 Å². The number of nitrogens with one attached hydrogen (secondary N) is 1. The second-order valence-corrected chi connectivity index (χ2v) is 7.89. The van der Waals surface area contributed by atoms with Gasteiger partial charge >= 0.3 is 0 Å². The summed E-state index contributed by atoms with van der Waals surface area (Å²) in [4.78, 5) is 12.7. The Labute approximate surface area is 166 Å². The monoisotopic (exact) mass is 376 g/mol. The molecule has 0 atom stereocenters. The zero-order valence-electron chi connectivity index (χ0n) is 16.5. The lowest BCUT2D eigenvalue weighted by molar-refractivity contribution is 0.0930. The van der Waals surface area contributed by atoms with Gasteiger partial charge in [0.2, 0.25) is 0 Å². The van der Waals surface area contributed by atoms with E-state index >= 15 is 0 Å². The molecule has 1 heterocycles. The first-order chi connectivity index (χ1) is 13.7. The van der Waals surface area contributed by atoms with E-state index in [-0.39, 0.29) is 5.91 Å². The summed E-state index contributed by atoms with van der Waals surface area (Å²) in [6, 6.07) is 14.3. The highest BCUT2D eigenvalue weighted by atomic mass is 16.1. The van der Waals surface area contributed by atoms with Gasteiger partial charge in [0.05, 0.1) is 12.1 Å². The summed E-state index contributed by atoms with van der Waals surface area (Å²) in [6.07, 6.45) is 8.47. The molecular formula is C23H28N4O. The number of aromatic nitrogens is 3. The number of benzene rings is 2. The van der Waals surface area contributed by atoms with E-state index in [1.165, 1.54) is 43.2 Å². The predicted molar refractivity (Wildman–Crippen MR) is 111 cm³/mol. The molecule has 5 heteroatoms. The first-order valence-corrected chi connectivity index (χ1v) is 10.4. The standard InChI is InChI=1S/C23H28N4O/c1-17-9-7-8-10-19(17)16-27-22-14-13-18(15-21(22)25-26-27)23(28)24-20-11-5-3-2-4-6-12-20/h7-10,13-15,20H,2-6,11-12,16H2,1H3,(H,24,28). The number of hydrogen-bond acceptors (Lipinski definition) is 3. The van der Waals surface area contributed by atoms with Crippen LogP contribution in [0.2, 0.25) is 0 Å². The second kappa shape index (κ2) is 8.55. The molecule has 146 valence electrons. The fourth-order valence-electron chi connectivity index (χ4n) is 4.05. The van der Waals surface area contributed by atoms with Crippen LogP contribution >= 0.6 is 0 Å². The molecule has 3 aromatic rings. The first kappa shape index (κ1) is 18.7. The van der Waals surface area contributed by atoms with Gasteiger partial charge in [-0.05, 0) is 49.1 Å². The van der Waals surface area contributed by atoms with Crippen LogP contribution in [0.3, 0.4) is 0 Å². The molecule has 1 amide bonds. The number of amides is 1. The fraction of sp³-hybridized carbons (Fsp3) is 0.435. The molecule has 0 radical (unpaired) electrons. The molecule has 5 nitrogen and oxygen atoms in total. The third-order valence-electron chi connectivity index (χ3n) is 5.80. The number of carbonyl (C=O) groups is 1. The van der Waals surface area contributed by atoms with Crippen molar-refractivity contribution in [3.05, 3.63) is 59.2 Å². The SMILES string of the molecule is Cc1ccccc1Cn1nnc2cc(C(=O)NC3CCCCCCC3)ccc21. The Morgan fingerprint density at radius 2 is 1.82 bits per heavy atom. The summed E-state index contributed by atoms with van der Waals surface area (Å²) in [7, 11) is 0. The molecule has 28 heavy (non-hydrogen) atoms. The molecule has 1 aromatic heterocycles. The van der Waals surface area contributed by atoms with Crippen molar-refractivity contribution in [3.8, 4) is 0 Å². The molecule has 1 fully saturated rings. The van der Waals surface area contributed by atoms with Gasteiger partial charge in [-0.1, -0.05) is 61.6 Å². The average molecular weight is 377 g/mol. The summed E-state index contributed by atoms with van der Waals surface area (Å²) in [6.45, 7) is 2.78. The molecule has 1 aliphatic carbocycles. The molecule has 0 bridgehead atoms. The number of fused-ring (bicyclic) bond motifs is 1. The van der Waals surface area contributed by atoms with Crippen LogP contribution < -0.4 is 5.32 Å². The fourth-order valence-corrected chi connectivity index (χ4v) is 4.05. The van der Waals surface area contributed by atoms with E-state index in [4.69, 9.17) is 0 Å². The third kappa shape index (κ3) is 4.24. The van der Waals surface area contributed by atoms with E-state index in [1.54, 1.807) is 0 Å². The molecular weight excluding hydrogens is 348 g/mol. The first-order valence-electron chi connectivity index (χ1n) is 10.4. The normalized spacial score (nSPS) is 15.9. The molecule has 1 aliphatic rings. The highest BCUT2D eigenvalue weighted by molar-refractivity contribution is 5.97. The number of carbonyl (C=O) groups excluding carboxylic acids is 1. The van der Waals surface area contributed by atoms with Gasteiger partial charge in [-0.25, -0.2) is 4.68 Å². The van der Waals surface area contributed by atoms with Crippen LogP contribution in [0.5, 0.6) is 0 Å². The van der Waals surface area contributed by atoms with E-state index in [0.29, 0.717) is 18.2 Å². The van der Waals surface area contributed by atoms with Crippen LogP contribution in [0.1, 0.15) is 66.4 Å². The highest BCUT2D eigenvalue weighted by Gasteiger charge is 2.16. The summed E-state index contributed by atoms with van der Waals surface area (Å²) in [5.74, 6) is 0.000859. The quantitative estimate of drug-likeness (QED) is 0.722. The Kier molecular flexibility index (Phi) is 5.70. The van der Waals surface area contributed by atoms with Crippen LogP contribution in [-0.4, -0.2) is 26.9 Å². The van der Waals surface area contributed by atoms with E-state index in [0.717, 1.165) is 23.9 Å². The number of nitrogens with zero attached hydrogens (tertiary/aromatic N) is 3. The van der Waals surface area contributed by atoms with Gasteiger partial charge in [0.1, 0.15) is 5.52 Å². The summed E-state index contributed by atoms with van der Waals surface area (Å²) >= 11 is 0. The van der Waals surface area contributed by atoms with E-state index in [2.05, 4.69) is 34.7 Å². The molecule has 0 unspecified atom stereocenters. The van der Waals surface area contributed by atoms with Crippen LogP contribution in [-0.2, 0) is 6.54 Å². The van der Waals surface area contributed by atoms with Gasteiger partial charge in [0.15, 0.2) is 0 Å². The minimum absolute atomic E-state index is 0.000859. The van der Waals surface area contributed by atoms with Crippen molar-refractivity contribution in [2.45, 2.75) is 64.5 Å². The number of hydrogen-bond donors (Lipinski definition) is 1. The van der Waals surface area contributed by atoms with Gasteiger partial charge in [-0.3, -0.25) is 4.79 Å². The lowest BCUT2D eigenvalue weighted by Gasteiger charge is -2.21. The molecule has 0 saturated heterocycles. The summed E-state index contributed by atoms with van der Waals surface area (Å²) < 4.78 is 1.90. The maximum absolute atomic E-state index is 12.7. The van der Waals surface area contributed by atoms with Crippen molar-refractivity contribution >= 4 is 16.9 Å². The van der Waals surface area contributed by atoms with Crippen LogP contribution in [0.15, 0.2) is 42.5 Å². The molecule has 1 saturated carbocycles. The van der Waals surface area contributed by atoms with Crippen molar-refractivity contribution in [3.63, 3.8) is 0 Å². The highest BCUT2D eigenvalue weighted by Crippen LogP contribution is 2.19. The minimum Gasteiger partial charge on any atom is -0.349 e. The molecule has 1 N–H and O–H groups in total. The van der Waals surface area contributed by atoms with Crippen LogP contribution in [0.25, 0.3) is 11.0 Å². The maximum atomic E-state index is 12.7. The third-order valence-corrected chi connectivity index (χ3v) is 5.80. The lowest BCUT2D eigenvalue weighted by atomic mass is 9.96. The Bertz CT molecular complexity index is 954. The van der Waals surface area contributed by atoms with Crippen molar-refractivity contribution < 1.29 is 4.79 Å². The molecule has 0 spiro atoms. The molecule has 2 aromatic carbocycles. The minimum atomic E-state index is 0.000859. The smallest absolute Gasteiger partial charge is 0.251 e. The van der Waals surface area contributed by atoms with Crippen molar-refractivity contribution in [2.75, 3.05) is 0 Å². The zero-order valence-corrected chi connectivity index (χ0v) is 16.5. The molecule has 0 aliphatic heterocycles. The Morgan fingerprint density at radius 3 is 2.61 bits per heavy atom. The number of aryl methyl sites for hydroxylation is 1. The van der Waals surface area contributed by atoms with Crippen LogP contribution in [0, 0.1) is 6.92 Å². The predicted octanol–water partition coefficient (Wildman–Crippen LogP) is 4.63. The Hall–Kier alpha value is -2.69. The van der Waals surface area contributed by atoms with Gasteiger partial charge in [0.25, 0.3) is 5.91 Å². The lowest BCUT2D eigenvalue weighted by Crippen LogP contribution is -2.35. The Balaban J connectivity index is 1.49. The van der Waals surface area contributed by atoms with Crippen molar-refractivity contribution in [1.29, 1.82) is 0 Å². The number of rotatable bonds is 4. The van der Waals surface area contributed by atoms with Crippen LogP contribution in [0.4, 0.5) is 0 Å². The van der Waals surface area contributed by atoms with Gasteiger partial charge < -0.3 is 5.32 Å². The second-order valence-electron chi connectivity index (χ2n) is 7.89. The Morgan fingerprint density at radius 1 is 1.07 bits per heavy atom. The maximum Gasteiger partial charge on any atom is 0.251 e. The summed E-state index contributed by atoms with van der Waals surface area (Å²) in [5, 5.41) is 11.8. The summed E-state index contributed by atoms with van der Waals surface area (Å²) in [5.41, 5.74) is 4.84. The average Bonchev–Trinajstić information content (AvgIpc) is 3.07. The van der Waals surface area contributed by atoms with Gasteiger partial charge in [0, 0.05) is 11.6 Å². The van der Waals surface area contributed by atoms with Crippen molar-refractivity contribution in [2.24, 2.45) is 0 Å². The zero-order chi connectivity index (χ0) is 19.3. The van der Waals surface area contributed by atoms with E-state index in [1.807, 2.05) is 35.0 Å². The van der Waals surface area contributed by atoms with E-state index in [9.17, 15) is 4.79 Å². The molecule has 4 rings (SSSR count).